The molecule has 0 aromatic heterocycles. The van der Waals surface area contributed by atoms with Crippen molar-refractivity contribution in [3.63, 3.8) is 0 Å². The molecule has 1 aliphatic heterocycles. The van der Waals surface area contributed by atoms with Crippen molar-refractivity contribution >= 4 is 15.9 Å². The van der Waals surface area contributed by atoms with Crippen LogP contribution in [0.25, 0.3) is 0 Å². The second kappa shape index (κ2) is 7.75. The maximum Gasteiger partial charge on any atom is 0.161 e. The molecule has 19 heavy (non-hydrogen) atoms. The number of halogens is 1. The average Bonchev–Trinajstić information content (AvgIpc) is 2.89. The molecule has 0 bridgehead atoms. The van der Waals surface area contributed by atoms with E-state index in [4.69, 9.17) is 9.47 Å². The van der Waals surface area contributed by atoms with E-state index in [1.165, 1.54) is 19.5 Å². The first-order chi connectivity index (χ1) is 9.33. The van der Waals surface area contributed by atoms with Crippen molar-refractivity contribution < 1.29 is 9.47 Å². The van der Waals surface area contributed by atoms with Crippen LogP contribution in [0.2, 0.25) is 0 Å². The minimum Gasteiger partial charge on any atom is -0.490 e. The molecule has 0 saturated carbocycles. The molecule has 1 saturated heterocycles. The normalized spacial score (nSPS) is 19.6. The van der Waals surface area contributed by atoms with Gasteiger partial charge in [0.1, 0.15) is 6.61 Å². The minimum absolute atomic E-state index is 0.666. The van der Waals surface area contributed by atoms with Gasteiger partial charge >= 0.3 is 0 Å². The summed E-state index contributed by atoms with van der Waals surface area (Å²) in [7, 11) is 0. The summed E-state index contributed by atoms with van der Waals surface area (Å²) in [5, 5.41) is 1.11. The maximum atomic E-state index is 5.84. The molecule has 1 aromatic carbocycles. The third-order valence-electron chi connectivity index (χ3n) is 3.40. The van der Waals surface area contributed by atoms with Gasteiger partial charge in [-0.15, -0.1) is 0 Å². The van der Waals surface area contributed by atoms with Gasteiger partial charge in [0.25, 0.3) is 0 Å². The van der Waals surface area contributed by atoms with E-state index in [-0.39, 0.29) is 0 Å². The fourth-order valence-electron chi connectivity index (χ4n) is 2.37. The first kappa shape index (κ1) is 14.7. The Morgan fingerprint density at radius 3 is 2.63 bits per heavy atom. The van der Waals surface area contributed by atoms with Crippen LogP contribution in [0.4, 0.5) is 0 Å². The SMILES string of the molecule is CCOc1ccccc1OCCN1CCC(CBr)C1. The molecule has 1 aromatic rings. The first-order valence-electron chi connectivity index (χ1n) is 6.96. The molecule has 1 fully saturated rings. The van der Waals surface area contributed by atoms with Crippen molar-refractivity contribution in [3.8, 4) is 11.5 Å². The smallest absolute Gasteiger partial charge is 0.161 e. The van der Waals surface area contributed by atoms with Crippen LogP contribution in [0.15, 0.2) is 24.3 Å². The highest BCUT2D eigenvalue weighted by atomic mass is 79.9. The highest BCUT2D eigenvalue weighted by molar-refractivity contribution is 9.09. The molecule has 0 N–H and O–H groups in total. The van der Waals surface area contributed by atoms with Gasteiger partial charge in [0, 0.05) is 18.4 Å². The third kappa shape index (κ3) is 4.39. The number of nitrogens with zero attached hydrogens (tertiary/aromatic N) is 1. The van der Waals surface area contributed by atoms with E-state index in [1.807, 2.05) is 31.2 Å². The van der Waals surface area contributed by atoms with Gasteiger partial charge in [-0.25, -0.2) is 0 Å². The van der Waals surface area contributed by atoms with Crippen LogP contribution >= 0.6 is 15.9 Å². The lowest BCUT2D eigenvalue weighted by Crippen LogP contribution is -2.26. The van der Waals surface area contributed by atoms with Crippen molar-refractivity contribution in [3.05, 3.63) is 24.3 Å². The second-order valence-electron chi connectivity index (χ2n) is 4.84. The Hall–Kier alpha value is -0.740. The molecule has 106 valence electrons. The summed E-state index contributed by atoms with van der Waals surface area (Å²) in [6.45, 7) is 6.73. The predicted octanol–water partition coefficient (Wildman–Crippen LogP) is 3.18. The fourth-order valence-corrected chi connectivity index (χ4v) is 2.90. The van der Waals surface area contributed by atoms with E-state index in [0.29, 0.717) is 6.61 Å². The highest BCUT2D eigenvalue weighted by Crippen LogP contribution is 2.26. The average molecular weight is 328 g/mol. The van der Waals surface area contributed by atoms with Gasteiger partial charge < -0.3 is 9.47 Å². The predicted molar refractivity (Wildman–Crippen MR) is 81.4 cm³/mol. The summed E-state index contributed by atoms with van der Waals surface area (Å²) in [6, 6.07) is 7.87. The van der Waals surface area contributed by atoms with Crippen LogP contribution in [0.1, 0.15) is 13.3 Å². The molecular formula is C15H22BrNO2. The summed E-state index contributed by atoms with van der Waals surface area (Å²) < 4.78 is 11.4. The Labute approximate surface area is 124 Å². The fraction of sp³-hybridized carbons (Fsp3) is 0.600. The van der Waals surface area contributed by atoms with E-state index in [9.17, 15) is 0 Å². The zero-order valence-corrected chi connectivity index (χ0v) is 13.1. The van der Waals surface area contributed by atoms with Crippen LogP contribution in [0, 0.1) is 5.92 Å². The minimum atomic E-state index is 0.666. The number of ether oxygens (including phenoxy) is 2. The topological polar surface area (TPSA) is 21.7 Å². The number of alkyl halides is 1. The van der Waals surface area contributed by atoms with Gasteiger partial charge in [0.15, 0.2) is 11.5 Å². The summed E-state index contributed by atoms with van der Waals surface area (Å²) >= 11 is 3.56. The highest BCUT2D eigenvalue weighted by Gasteiger charge is 2.20. The summed E-state index contributed by atoms with van der Waals surface area (Å²) in [5.74, 6) is 2.49. The van der Waals surface area contributed by atoms with Crippen LogP contribution in [-0.2, 0) is 0 Å². The standard InChI is InChI=1S/C15H22BrNO2/c1-2-18-14-5-3-4-6-15(14)19-10-9-17-8-7-13(11-16)12-17/h3-6,13H,2,7-12H2,1H3. The number of benzene rings is 1. The maximum absolute atomic E-state index is 5.84. The second-order valence-corrected chi connectivity index (χ2v) is 5.49. The molecule has 1 unspecified atom stereocenters. The quantitative estimate of drug-likeness (QED) is 0.718. The van der Waals surface area contributed by atoms with Gasteiger partial charge in [0.2, 0.25) is 0 Å². The molecule has 1 aliphatic rings. The Morgan fingerprint density at radius 2 is 2.00 bits per heavy atom. The monoisotopic (exact) mass is 327 g/mol. The molecule has 0 spiro atoms. The Kier molecular flexibility index (Phi) is 5.98. The molecule has 0 radical (unpaired) electrons. The van der Waals surface area contributed by atoms with Gasteiger partial charge in [0.05, 0.1) is 6.61 Å². The van der Waals surface area contributed by atoms with Crippen molar-refractivity contribution in [2.45, 2.75) is 13.3 Å². The summed E-state index contributed by atoms with van der Waals surface area (Å²) in [6.07, 6.45) is 1.29. The Morgan fingerprint density at radius 1 is 1.26 bits per heavy atom. The number of para-hydroxylation sites is 2. The van der Waals surface area contributed by atoms with E-state index in [0.717, 1.165) is 35.9 Å². The zero-order valence-electron chi connectivity index (χ0n) is 11.5. The Bertz CT molecular complexity index is 386. The van der Waals surface area contributed by atoms with Gasteiger partial charge in [-0.2, -0.15) is 0 Å². The summed E-state index contributed by atoms with van der Waals surface area (Å²) in [5.41, 5.74) is 0. The van der Waals surface area contributed by atoms with Crippen LogP contribution in [0.3, 0.4) is 0 Å². The summed E-state index contributed by atoms with van der Waals surface area (Å²) in [4.78, 5) is 2.47. The van der Waals surface area contributed by atoms with Crippen LogP contribution in [-0.4, -0.2) is 43.1 Å². The van der Waals surface area contributed by atoms with Crippen molar-refractivity contribution in [1.82, 2.24) is 4.90 Å². The van der Waals surface area contributed by atoms with Crippen molar-refractivity contribution in [2.75, 3.05) is 38.2 Å². The van der Waals surface area contributed by atoms with Gasteiger partial charge in [-0.1, -0.05) is 28.1 Å². The number of hydrogen-bond acceptors (Lipinski definition) is 3. The van der Waals surface area contributed by atoms with Crippen LogP contribution < -0.4 is 9.47 Å². The number of likely N-dealkylation sites (tertiary alicyclic amines) is 1. The van der Waals surface area contributed by atoms with Gasteiger partial charge in [-0.05, 0) is 37.9 Å². The van der Waals surface area contributed by atoms with Crippen molar-refractivity contribution in [2.24, 2.45) is 5.92 Å². The number of rotatable bonds is 7. The Balaban J connectivity index is 1.76. The van der Waals surface area contributed by atoms with E-state index < -0.39 is 0 Å². The number of hydrogen-bond donors (Lipinski definition) is 0. The molecule has 4 heteroatoms. The van der Waals surface area contributed by atoms with Crippen LogP contribution in [0.5, 0.6) is 11.5 Å². The lowest BCUT2D eigenvalue weighted by Gasteiger charge is -2.17. The molecule has 3 nitrogen and oxygen atoms in total. The van der Waals surface area contributed by atoms with E-state index in [2.05, 4.69) is 20.8 Å². The van der Waals surface area contributed by atoms with Gasteiger partial charge in [-0.3, -0.25) is 4.90 Å². The lowest BCUT2D eigenvalue weighted by molar-refractivity contribution is 0.223. The van der Waals surface area contributed by atoms with Crippen molar-refractivity contribution in [1.29, 1.82) is 0 Å². The molecule has 0 amide bonds. The van der Waals surface area contributed by atoms with E-state index >= 15 is 0 Å². The van der Waals surface area contributed by atoms with E-state index in [1.54, 1.807) is 0 Å². The molecule has 0 aliphatic carbocycles. The molecule has 1 atom stereocenters. The zero-order chi connectivity index (χ0) is 13.5. The first-order valence-corrected chi connectivity index (χ1v) is 8.08. The largest absolute Gasteiger partial charge is 0.490 e. The molecule has 2 rings (SSSR count). The molecular weight excluding hydrogens is 306 g/mol. The third-order valence-corrected chi connectivity index (χ3v) is 4.32. The molecule has 1 heterocycles. The lowest BCUT2D eigenvalue weighted by atomic mass is 10.2.